The number of allylic oxidation sites excluding steroid dienone is 2. The van der Waals surface area contributed by atoms with Gasteiger partial charge in [-0.2, -0.15) is 0 Å². The zero-order valence-corrected chi connectivity index (χ0v) is 23.1. The number of fused-ring (bicyclic) bond motifs is 2. The van der Waals surface area contributed by atoms with Gasteiger partial charge in [0.2, 0.25) is 0 Å². The third-order valence-corrected chi connectivity index (χ3v) is 7.38. The molecule has 41 heavy (non-hydrogen) atoms. The molecule has 0 amide bonds. The number of aliphatic imine (C=N–C) groups is 1. The highest BCUT2D eigenvalue weighted by molar-refractivity contribution is 6.10. The summed E-state index contributed by atoms with van der Waals surface area (Å²) in [4.78, 5) is 20.7. The third-order valence-electron chi connectivity index (χ3n) is 7.38. The van der Waals surface area contributed by atoms with Crippen molar-refractivity contribution < 1.29 is 14.6 Å². The maximum Gasteiger partial charge on any atom is 0.307 e. The Morgan fingerprint density at radius 3 is 2.63 bits per heavy atom. The fourth-order valence-corrected chi connectivity index (χ4v) is 5.37. The van der Waals surface area contributed by atoms with Crippen molar-refractivity contribution in [3.8, 4) is 11.1 Å². The van der Waals surface area contributed by atoms with Crippen LogP contribution in [0.2, 0.25) is 0 Å². The first kappa shape index (κ1) is 27.5. The standard InChI is InChI=1S/C35H31N3O3/c1-4-23(21-37-5-2)24-6-8-25(9-7-24)27-10-11-29-28(17-27)16-22(3)30(19-34(39)40)31(29)18-32-35-26(12-14-38-32)13-15-41-33(35)20-36/h4-12,14,16-18,20-21,36H,2,13,15,19H2,1,3H3,(H,39,40)/b23-4+,32-18-,36-20?,37-21?. The van der Waals surface area contributed by atoms with Crippen molar-refractivity contribution in [2.24, 2.45) is 4.99 Å². The second-order valence-electron chi connectivity index (χ2n) is 9.86. The molecule has 0 atom stereocenters. The van der Waals surface area contributed by atoms with Crippen LogP contribution in [-0.4, -0.2) is 35.1 Å². The van der Waals surface area contributed by atoms with Gasteiger partial charge in [0.25, 0.3) is 0 Å². The highest BCUT2D eigenvalue weighted by Gasteiger charge is 2.16. The molecule has 0 bridgehead atoms. The van der Waals surface area contributed by atoms with Crippen LogP contribution in [0, 0.1) is 12.3 Å². The summed E-state index contributed by atoms with van der Waals surface area (Å²) in [6, 6.07) is 18.6. The highest BCUT2D eigenvalue weighted by Crippen LogP contribution is 2.31. The Morgan fingerprint density at radius 2 is 1.93 bits per heavy atom. The molecule has 6 nitrogen and oxygen atoms in total. The predicted molar refractivity (Wildman–Crippen MR) is 167 cm³/mol. The number of carbonyl (C=O) groups is 1. The summed E-state index contributed by atoms with van der Waals surface area (Å²) in [5, 5.41) is 21.0. The summed E-state index contributed by atoms with van der Waals surface area (Å²) in [7, 11) is 0. The van der Waals surface area contributed by atoms with Gasteiger partial charge in [-0.25, -0.2) is 0 Å². The Balaban J connectivity index is 1.69. The molecule has 1 aliphatic heterocycles. The first-order chi connectivity index (χ1) is 19.9. The van der Waals surface area contributed by atoms with Gasteiger partial charge in [0.1, 0.15) is 5.76 Å². The minimum absolute atomic E-state index is 0.105. The molecule has 2 heterocycles. The minimum atomic E-state index is -0.893. The van der Waals surface area contributed by atoms with Crippen LogP contribution >= 0.6 is 0 Å². The van der Waals surface area contributed by atoms with Crippen LogP contribution in [0.4, 0.5) is 0 Å². The first-order valence-corrected chi connectivity index (χ1v) is 13.5. The molecule has 0 spiro atoms. The van der Waals surface area contributed by atoms with E-state index in [1.165, 1.54) is 12.4 Å². The van der Waals surface area contributed by atoms with E-state index in [2.05, 4.69) is 65.1 Å². The molecular formula is C35H31N3O3. The predicted octanol–water partition coefficient (Wildman–Crippen LogP) is 5.61. The Morgan fingerprint density at radius 1 is 1.15 bits per heavy atom. The second kappa shape index (κ2) is 12.0. The highest BCUT2D eigenvalue weighted by atomic mass is 16.5. The van der Waals surface area contributed by atoms with Crippen molar-refractivity contribution in [2.45, 2.75) is 26.7 Å². The molecule has 0 saturated heterocycles. The van der Waals surface area contributed by atoms with Crippen LogP contribution in [-0.2, 0) is 22.4 Å². The number of carboxylic acids is 1. The number of benzene rings is 3. The van der Waals surface area contributed by atoms with Gasteiger partial charge in [0.05, 0.1) is 24.6 Å². The van der Waals surface area contributed by atoms with Crippen LogP contribution in [0.15, 0.2) is 84.6 Å². The number of carboxylic acid groups (broad SMARTS) is 1. The van der Waals surface area contributed by atoms with Gasteiger partial charge >= 0.3 is 5.97 Å². The number of hydrogen-bond acceptors (Lipinski definition) is 5. The van der Waals surface area contributed by atoms with Gasteiger partial charge in [0.15, 0.2) is 0 Å². The van der Waals surface area contributed by atoms with Crippen LogP contribution in [0.3, 0.4) is 0 Å². The number of aryl methyl sites for hydroxylation is 1. The molecule has 204 valence electrons. The second-order valence-corrected chi connectivity index (χ2v) is 9.86. The number of nitrogens with zero attached hydrogens (tertiary/aromatic N) is 2. The molecule has 6 heteroatoms. The van der Waals surface area contributed by atoms with Gasteiger partial charge in [-0.1, -0.05) is 55.1 Å². The van der Waals surface area contributed by atoms with Crippen molar-refractivity contribution in [2.75, 3.05) is 6.61 Å². The van der Waals surface area contributed by atoms with Gasteiger partial charge in [-0.15, -0.1) is 0 Å². The van der Waals surface area contributed by atoms with E-state index in [4.69, 9.17) is 10.1 Å². The Hall–Kier alpha value is -5.10. The molecule has 0 saturated carbocycles. The van der Waals surface area contributed by atoms with E-state index in [0.29, 0.717) is 17.7 Å². The monoisotopic (exact) mass is 541 g/mol. The number of rotatable bonds is 8. The minimum Gasteiger partial charge on any atom is -0.491 e. The summed E-state index contributed by atoms with van der Waals surface area (Å²) >= 11 is 0. The summed E-state index contributed by atoms with van der Waals surface area (Å²) in [5.41, 5.74) is 7.75. The van der Waals surface area contributed by atoms with Crippen molar-refractivity contribution in [3.05, 3.63) is 118 Å². The summed E-state index contributed by atoms with van der Waals surface area (Å²) in [6.45, 7) is 8.09. The van der Waals surface area contributed by atoms with Crippen molar-refractivity contribution in [3.63, 3.8) is 0 Å². The number of aromatic nitrogens is 1. The van der Waals surface area contributed by atoms with Crippen molar-refractivity contribution >= 4 is 46.6 Å². The van der Waals surface area contributed by atoms with Gasteiger partial charge < -0.3 is 15.3 Å². The first-order valence-electron chi connectivity index (χ1n) is 13.5. The van der Waals surface area contributed by atoms with E-state index >= 15 is 0 Å². The molecule has 0 unspecified atom stereocenters. The largest absolute Gasteiger partial charge is 0.491 e. The van der Waals surface area contributed by atoms with Crippen LogP contribution < -0.4 is 10.6 Å². The Kier molecular flexibility index (Phi) is 8.01. The van der Waals surface area contributed by atoms with Crippen LogP contribution in [0.25, 0.3) is 39.3 Å². The summed E-state index contributed by atoms with van der Waals surface area (Å²) in [5.74, 6) is -0.416. The maximum atomic E-state index is 11.9. The molecule has 1 aromatic heterocycles. The lowest BCUT2D eigenvalue weighted by Crippen LogP contribution is -2.38. The number of ether oxygens (including phenoxy) is 1. The fraction of sp³-hybridized carbons (Fsp3) is 0.143. The van der Waals surface area contributed by atoms with E-state index in [9.17, 15) is 9.90 Å². The van der Waals surface area contributed by atoms with E-state index in [1.54, 1.807) is 12.4 Å². The molecular weight excluding hydrogens is 510 g/mol. The maximum absolute atomic E-state index is 11.9. The van der Waals surface area contributed by atoms with Crippen molar-refractivity contribution in [1.29, 1.82) is 5.41 Å². The lowest BCUT2D eigenvalue weighted by atomic mass is 9.90. The molecule has 5 rings (SSSR count). The van der Waals surface area contributed by atoms with Gasteiger partial charge in [-0.05, 0) is 87.3 Å². The van der Waals surface area contributed by atoms with E-state index < -0.39 is 5.97 Å². The van der Waals surface area contributed by atoms with E-state index in [0.717, 1.165) is 66.9 Å². The smallest absolute Gasteiger partial charge is 0.307 e. The topological polar surface area (TPSA) is 95.6 Å². The number of nitrogens with one attached hydrogen (secondary N) is 1. The fourth-order valence-electron chi connectivity index (χ4n) is 5.37. The summed E-state index contributed by atoms with van der Waals surface area (Å²) < 4.78 is 5.76. The zero-order valence-electron chi connectivity index (χ0n) is 23.1. The lowest BCUT2D eigenvalue weighted by Gasteiger charge is -2.16. The molecule has 0 radical (unpaired) electrons. The normalized spacial score (nSPS) is 13.8. The number of pyridine rings is 1. The molecule has 0 aliphatic carbocycles. The SMILES string of the molecule is C=CN=C/C(=C\C)c1ccc(-c2ccc3c(/C=c4\nccc5c4=C(C=N)OCC5)c(CC(=O)O)c(C)cc3c2)cc1. The molecule has 0 fully saturated rings. The van der Waals surface area contributed by atoms with Crippen LogP contribution in [0.1, 0.15) is 34.7 Å². The molecule has 4 aromatic rings. The molecule has 3 aromatic carbocycles. The van der Waals surface area contributed by atoms with E-state index in [-0.39, 0.29) is 6.42 Å². The number of aliphatic carboxylic acids is 1. The average Bonchev–Trinajstić information content (AvgIpc) is 2.99. The molecule has 2 N–H and O–H groups in total. The van der Waals surface area contributed by atoms with Crippen LogP contribution in [0.5, 0.6) is 0 Å². The quantitative estimate of drug-likeness (QED) is 0.283. The Labute approximate surface area is 238 Å². The van der Waals surface area contributed by atoms with E-state index in [1.807, 2.05) is 32.1 Å². The van der Waals surface area contributed by atoms with Gasteiger partial charge in [0, 0.05) is 30.3 Å². The third kappa shape index (κ3) is 5.63. The van der Waals surface area contributed by atoms with Crippen molar-refractivity contribution in [1.82, 2.24) is 4.98 Å². The van der Waals surface area contributed by atoms with Gasteiger partial charge in [-0.3, -0.25) is 14.8 Å². The lowest BCUT2D eigenvalue weighted by molar-refractivity contribution is -0.136. The average molecular weight is 542 g/mol. The Bertz CT molecular complexity index is 1870. The summed E-state index contributed by atoms with van der Waals surface area (Å²) in [6.07, 6.45) is 10.9. The molecule has 1 aliphatic rings. The number of hydrogen-bond donors (Lipinski definition) is 2. The zero-order chi connectivity index (χ0) is 28.9.